The lowest BCUT2D eigenvalue weighted by Gasteiger charge is -2.02. The summed E-state index contributed by atoms with van der Waals surface area (Å²) in [5.41, 5.74) is 5.21. The second kappa shape index (κ2) is 4.23. The van der Waals surface area contributed by atoms with E-state index in [-0.39, 0.29) is 24.2 Å². The van der Waals surface area contributed by atoms with E-state index in [0.29, 0.717) is 0 Å². The molecule has 0 aliphatic carbocycles. The third kappa shape index (κ3) is 2.45. The van der Waals surface area contributed by atoms with Crippen LogP contribution in [0, 0.1) is 17.2 Å². The van der Waals surface area contributed by atoms with Crippen molar-refractivity contribution in [2.45, 2.75) is 6.92 Å². The van der Waals surface area contributed by atoms with Gasteiger partial charge in [-0.1, -0.05) is 0 Å². The summed E-state index contributed by atoms with van der Waals surface area (Å²) in [6.07, 6.45) is 0. The molecule has 1 rings (SSSR count). The van der Waals surface area contributed by atoms with Crippen molar-refractivity contribution in [3.8, 4) is 6.07 Å². The van der Waals surface area contributed by atoms with Crippen LogP contribution >= 0.6 is 0 Å². The number of nitriles is 1. The van der Waals surface area contributed by atoms with Crippen molar-refractivity contribution in [2.24, 2.45) is 5.92 Å². The van der Waals surface area contributed by atoms with Crippen molar-refractivity contribution >= 4 is 11.9 Å². The molecule has 0 saturated carbocycles. The van der Waals surface area contributed by atoms with E-state index in [2.05, 4.69) is 20.5 Å². The second-order valence-corrected chi connectivity index (χ2v) is 2.78. The summed E-state index contributed by atoms with van der Waals surface area (Å²) in [6, 6.07) is 1.99. The summed E-state index contributed by atoms with van der Waals surface area (Å²) in [7, 11) is 0. The molecule has 0 aromatic carbocycles. The zero-order valence-electron chi connectivity index (χ0n) is 7.61. The molecular formula is C7H10N6O. The highest BCUT2D eigenvalue weighted by Crippen LogP contribution is 1.94. The Morgan fingerprint density at radius 1 is 1.86 bits per heavy atom. The topological polar surface area (TPSA) is 120 Å². The van der Waals surface area contributed by atoms with Crippen LogP contribution in [0.15, 0.2) is 0 Å². The number of hydrogen-bond acceptors (Lipinski definition) is 5. The number of rotatable bonds is 3. The van der Waals surface area contributed by atoms with Crippen LogP contribution in [0.3, 0.4) is 0 Å². The Morgan fingerprint density at radius 2 is 2.57 bits per heavy atom. The van der Waals surface area contributed by atoms with Crippen LogP contribution in [0.2, 0.25) is 0 Å². The molecular weight excluding hydrogens is 184 g/mol. The molecule has 7 nitrogen and oxygen atoms in total. The summed E-state index contributed by atoms with van der Waals surface area (Å²) in [5, 5.41) is 16.8. The van der Waals surface area contributed by atoms with Gasteiger partial charge in [0, 0.05) is 6.54 Å². The normalized spacial score (nSPS) is 11.7. The lowest BCUT2D eigenvalue weighted by Crippen LogP contribution is -2.28. The predicted molar refractivity (Wildman–Crippen MR) is 47.9 cm³/mol. The van der Waals surface area contributed by atoms with Gasteiger partial charge in [-0.05, 0) is 6.92 Å². The maximum Gasteiger partial charge on any atom is 0.288 e. The number of nitrogen functional groups attached to an aromatic ring is 1. The highest BCUT2D eigenvalue weighted by Gasteiger charge is 2.10. The number of carbonyl (C=O) groups is 1. The number of hydrogen-bond donors (Lipinski definition) is 3. The monoisotopic (exact) mass is 194 g/mol. The van der Waals surface area contributed by atoms with E-state index >= 15 is 0 Å². The van der Waals surface area contributed by atoms with Crippen LogP contribution in [0.1, 0.15) is 17.5 Å². The van der Waals surface area contributed by atoms with Gasteiger partial charge in [-0.3, -0.25) is 9.89 Å². The highest BCUT2D eigenvalue weighted by molar-refractivity contribution is 5.90. The number of amides is 1. The number of nitrogens with zero attached hydrogens (tertiary/aromatic N) is 3. The number of aromatic amines is 1. The van der Waals surface area contributed by atoms with Crippen LogP contribution < -0.4 is 11.1 Å². The van der Waals surface area contributed by atoms with Gasteiger partial charge >= 0.3 is 0 Å². The van der Waals surface area contributed by atoms with Crippen LogP contribution in [-0.4, -0.2) is 27.6 Å². The minimum Gasteiger partial charge on any atom is -0.366 e. The van der Waals surface area contributed by atoms with Gasteiger partial charge in [0.1, 0.15) is 0 Å². The molecule has 74 valence electrons. The van der Waals surface area contributed by atoms with E-state index in [1.807, 2.05) is 6.07 Å². The molecule has 14 heavy (non-hydrogen) atoms. The molecule has 0 aliphatic heterocycles. The molecule has 0 fully saturated rings. The number of H-pyrrole nitrogens is 1. The summed E-state index contributed by atoms with van der Waals surface area (Å²) in [5.74, 6) is -0.591. The molecule has 1 aromatic heterocycles. The van der Waals surface area contributed by atoms with E-state index in [9.17, 15) is 4.79 Å². The summed E-state index contributed by atoms with van der Waals surface area (Å²) in [4.78, 5) is 14.9. The van der Waals surface area contributed by atoms with Crippen molar-refractivity contribution in [3.05, 3.63) is 5.82 Å². The van der Waals surface area contributed by atoms with Gasteiger partial charge < -0.3 is 11.1 Å². The first-order valence-electron chi connectivity index (χ1n) is 3.99. The molecule has 1 amide bonds. The lowest BCUT2D eigenvalue weighted by molar-refractivity contribution is 0.0941. The van der Waals surface area contributed by atoms with Crippen molar-refractivity contribution in [3.63, 3.8) is 0 Å². The van der Waals surface area contributed by atoms with E-state index < -0.39 is 5.91 Å². The smallest absolute Gasteiger partial charge is 0.288 e. The van der Waals surface area contributed by atoms with Gasteiger partial charge in [0.05, 0.1) is 12.0 Å². The largest absolute Gasteiger partial charge is 0.366 e. The quantitative estimate of drug-likeness (QED) is 0.586. The van der Waals surface area contributed by atoms with E-state index in [0.717, 1.165) is 0 Å². The number of carbonyl (C=O) groups excluding carboxylic acids is 1. The zero-order valence-corrected chi connectivity index (χ0v) is 7.61. The molecule has 1 unspecified atom stereocenters. The Hall–Kier alpha value is -2.10. The lowest BCUT2D eigenvalue weighted by atomic mass is 10.2. The Kier molecular flexibility index (Phi) is 3.01. The van der Waals surface area contributed by atoms with E-state index in [1.54, 1.807) is 6.92 Å². The molecule has 0 aliphatic rings. The average molecular weight is 194 g/mol. The predicted octanol–water partition coefficient (Wildman–Crippen LogP) is -0.724. The molecule has 4 N–H and O–H groups in total. The van der Waals surface area contributed by atoms with E-state index in [4.69, 9.17) is 11.0 Å². The first-order chi connectivity index (χ1) is 6.63. The third-order valence-corrected chi connectivity index (χ3v) is 1.51. The number of aromatic nitrogens is 3. The SMILES string of the molecule is CC(C#N)CNC(=O)c1nc(N)n[nH]1. The molecule has 0 spiro atoms. The van der Waals surface area contributed by atoms with Crippen LogP contribution in [0.5, 0.6) is 0 Å². The zero-order chi connectivity index (χ0) is 10.6. The minimum atomic E-state index is -0.420. The van der Waals surface area contributed by atoms with Gasteiger partial charge in [-0.25, -0.2) is 0 Å². The van der Waals surface area contributed by atoms with Crippen LogP contribution in [0.25, 0.3) is 0 Å². The first kappa shape index (κ1) is 9.98. The van der Waals surface area contributed by atoms with E-state index in [1.165, 1.54) is 0 Å². The standard InChI is InChI=1S/C7H10N6O/c1-4(2-8)3-10-6(14)5-11-7(9)13-12-5/h4H,3H2,1H3,(H,10,14)(H3,9,11,12,13). The van der Waals surface area contributed by atoms with Crippen molar-refractivity contribution in [1.82, 2.24) is 20.5 Å². The van der Waals surface area contributed by atoms with Crippen molar-refractivity contribution in [1.29, 1.82) is 5.26 Å². The van der Waals surface area contributed by atoms with Gasteiger partial charge in [0.2, 0.25) is 11.8 Å². The number of nitrogens with two attached hydrogens (primary N) is 1. The molecule has 0 radical (unpaired) electrons. The fourth-order valence-corrected chi connectivity index (χ4v) is 0.751. The Balaban J connectivity index is 2.48. The summed E-state index contributed by atoms with van der Waals surface area (Å²) in [6.45, 7) is 1.98. The Morgan fingerprint density at radius 3 is 3.07 bits per heavy atom. The fraction of sp³-hybridized carbons (Fsp3) is 0.429. The molecule has 0 bridgehead atoms. The second-order valence-electron chi connectivity index (χ2n) is 2.78. The summed E-state index contributed by atoms with van der Waals surface area (Å²) >= 11 is 0. The molecule has 7 heteroatoms. The Labute approximate surface area is 80.3 Å². The molecule has 1 atom stereocenters. The fourth-order valence-electron chi connectivity index (χ4n) is 0.751. The Bertz CT molecular complexity index is 365. The molecule has 1 heterocycles. The average Bonchev–Trinajstić information content (AvgIpc) is 2.60. The molecule has 1 aromatic rings. The van der Waals surface area contributed by atoms with Crippen LogP contribution in [0.4, 0.5) is 5.95 Å². The minimum absolute atomic E-state index is 0.0171. The molecule has 0 saturated heterocycles. The van der Waals surface area contributed by atoms with Crippen LogP contribution in [-0.2, 0) is 0 Å². The van der Waals surface area contributed by atoms with Gasteiger partial charge in [0.15, 0.2) is 0 Å². The summed E-state index contributed by atoms with van der Waals surface area (Å²) < 4.78 is 0. The van der Waals surface area contributed by atoms with Gasteiger partial charge in [-0.15, -0.1) is 5.10 Å². The number of nitrogens with one attached hydrogen (secondary N) is 2. The number of anilines is 1. The van der Waals surface area contributed by atoms with Gasteiger partial charge in [-0.2, -0.15) is 10.2 Å². The highest BCUT2D eigenvalue weighted by atomic mass is 16.2. The van der Waals surface area contributed by atoms with Crippen molar-refractivity contribution in [2.75, 3.05) is 12.3 Å². The maximum atomic E-state index is 11.3. The first-order valence-corrected chi connectivity index (χ1v) is 3.99. The maximum absolute atomic E-state index is 11.3. The third-order valence-electron chi connectivity index (χ3n) is 1.51. The van der Waals surface area contributed by atoms with Crippen molar-refractivity contribution < 1.29 is 4.79 Å². The van der Waals surface area contributed by atoms with Gasteiger partial charge in [0.25, 0.3) is 5.91 Å².